The molecular formula is C20H21BrCl2N4O3. The number of carbonyl (C=O) groups excluding carboxylic acids is 1. The normalized spacial score (nSPS) is 25.1. The van der Waals surface area contributed by atoms with Crippen molar-refractivity contribution in [2.75, 3.05) is 18.1 Å². The van der Waals surface area contributed by atoms with Crippen molar-refractivity contribution in [2.45, 2.75) is 57.3 Å². The van der Waals surface area contributed by atoms with Gasteiger partial charge in [-0.05, 0) is 67.2 Å². The van der Waals surface area contributed by atoms with Crippen LogP contribution in [0.25, 0.3) is 10.9 Å². The molecule has 2 saturated heterocycles. The topological polar surface area (TPSA) is 67.8 Å². The van der Waals surface area contributed by atoms with Crippen LogP contribution in [0.1, 0.15) is 33.6 Å². The van der Waals surface area contributed by atoms with Crippen molar-refractivity contribution in [3.8, 4) is 5.75 Å². The minimum absolute atomic E-state index is 0.0392. The van der Waals surface area contributed by atoms with Gasteiger partial charge in [-0.3, -0.25) is 4.90 Å². The fraction of sp³-hybridized carbons (Fsp3) is 0.550. The molecule has 0 N–H and O–H groups in total. The first-order valence-electron chi connectivity index (χ1n) is 9.90. The molecule has 3 aliphatic heterocycles. The summed E-state index contributed by atoms with van der Waals surface area (Å²) in [6.07, 6.45) is 1.51. The number of hydrogen-bond donors (Lipinski definition) is 0. The van der Waals surface area contributed by atoms with Crippen molar-refractivity contribution in [3.05, 3.63) is 20.8 Å². The number of rotatable bonds is 0. The highest BCUT2D eigenvalue weighted by Gasteiger charge is 2.51. The molecule has 0 spiro atoms. The summed E-state index contributed by atoms with van der Waals surface area (Å²) < 4.78 is 12.6. The maximum Gasteiger partial charge on any atom is 0.410 e. The molecule has 0 saturated carbocycles. The third-order valence-corrected chi connectivity index (χ3v) is 7.26. The van der Waals surface area contributed by atoms with E-state index in [2.05, 4.69) is 30.8 Å². The molecule has 1 aromatic heterocycles. The van der Waals surface area contributed by atoms with Gasteiger partial charge in [0.15, 0.2) is 5.75 Å². The maximum absolute atomic E-state index is 13.0. The van der Waals surface area contributed by atoms with Crippen LogP contribution in [0.2, 0.25) is 10.3 Å². The summed E-state index contributed by atoms with van der Waals surface area (Å²) in [5.41, 5.74) is 0.120. The molecule has 160 valence electrons. The SMILES string of the molecule is CC(C)(C)OC(=O)N1[C@@H]2CC[C@H]1[C@H]1COc3c(Cl)c(Br)cc4nc(Cl)nc(c34)N1C2. The van der Waals surface area contributed by atoms with E-state index in [1.165, 1.54) is 0 Å². The van der Waals surface area contributed by atoms with Gasteiger partial charge in [-0.1, -0.05) is 11.6 Å². The first-order chi connectivity index (χ1) is 14.1. The highest BCUT2D eigenvalue weighted by atomic mass is 79.9. The lowest BCUT2D eigenvalue weighted by Gasteiger charge is -2.46. The number of halogens is 3. The van der Waals surface area contributed by atoms with Crippen molar-refractivity contribution in [3.63, 3.8) is 0 Å². The molecular weight excluding hydrogens is 495 g/mol. The summed E-state index contributed by atoms with van der Waals surface area (Å²) in [6, 6.07) is 1.73. The number of piperazine rings is 1. The maximum atomic E-state index is 13.0. The molecule has 2 aromatic rings. The van der Waals surface area contributed by atoms with Crippen LogP contribution >= 0.6 is 39.1 Å². The summed E-state index contributed by atoms with van der Waals surface area (Å²) in [4.78, 5) is 26.0. The first kappa shape index (κ1) is 20.4. The van der Waals surface area contributed by atoms with Gasteiger partial charge in [0, 0.05) is 11.0 Å². The van der Waals surface area contributed by atoms with Gasteiger partial charge in [0.05, 0.1) is 34.1 Å². The molecule has 3 atom stereocenters. The Labute approximate surface area is 192 Å². The molecule has 7 nitrogen and oxygen atoms in total. The third-order valence-electron chi connectivity index (χ3n) is 5.86. The van der Waals surface area contributed by atoms with Crippen LogP contribution in [0.4, 0.5) is 10.6 Å². The minimum atomic E-state index is -0.546. The Morgan fingerprint density at radius 3 is 2.77 bits per heavy atom. The summed E-state index contributed by atoms with van der Waals surface area (Å²) in [5.74, 6) is 1.25. The fourth-order valence-corrected chi connectivity index (χ4v) is 5.53. The zero-order valence-corrected chi connectivity index (χ0v) is 19.9. The van der Waals surface area contributed by atoms with Gasteiger partial charge < -0.3 is 14.4 Å². The van der Waals surface area contributed by atoms with E-state index in [4.69, 9.17) is 32.7 Å². The highest BCUT2D eigenvalue weighted by molar-refractivity contribution is 9.10. The average Bonchev–Trinajstić information content (AvgIpc) is 2.87. The molecule has 0 radical (unpaired) electrons. The second-order valence-electron chi connectivity index (χ2n) is 8.93. The van der Waals surface area contributed by atoms with Crippen LogP contribution in [0.5, 0.6) is 5.75 Å². The lowest BCUT2D eigenvalue weighted by molar-refractivity contribution is 0.00547. The molecule has 30 heavy (non-hydrogen) atoms. The molecule has 0 unspecified atom stereocenters. The van der Waals surface area contributed by atoms with Crippen LogP contribution in [-0.2, 0) is 4.74 Å². The zero-order chi connectivity index (χ0) is 21.4. The summed E-state index contributed by atoms with van der Waals surface area (Å²) in [7, 11) is 0. The van der Waals surface area contributed by atoms with Crippen LogP contribution in [-0.4, -0.2) is 57.8 Å². The summed E-state index contributed by atoms with van der Waals surface area (Å²) in [6.45, 7) is 6.64. The highest BCUT2D eigenvalue weighted by Crippen LogP contribution is 2.47. The van der Waals surface area contributed by atoms with E-state index >= 15 is 0 Å². The lowest BCUT2D eigenvalue weighted by atomic mass is 10.0. The molecule has 2 bridgehead atoms. The molecule has 0 aliphatic carbocycles. The van der Waals surface area contributed by atoms with Crippen molar-refractivity contribution < 1.29 is 14.3 Å². The number of hydrogen-bond acceptors (Lipinski definition) is 6. The van der Waals surface area contributed by atoms with E-state index in [-0.39, 0.29) is 29.5 Å². The minimum Gasteiger partial charge on any atom is -0.489 e. The smallest absolute Gasteiger partial charge is 0.410 e. The predicted molar refractivity (Wildman–Crippen MR) is 119 cm³/mol. The Morgan fingerprint density at radius 2 is 2.03 bits per heavy atom. The largest absolute Gasteiger partial charge is 0.489 e. The molecule has 2 fully saturated rings. The van der Waals surface area contributed by atoms with Gasteiger partial charge in [-0.25, -0.2) is 9.78 Å². The van der Waals surface area contributed by atoms with Crippen molar-refractivity contribution in [2.24, 2.45) is 0 Å². The molecule has 1 amide bonds. The van der Waals surface area contributed by atoms with Crippen LogP contribution in [0.15, 0.2) is 10.5 Å². The van der Waals surface area contributed by atoms with Crippen molar-refractivity contribution in [1.29, 1.82) is 0 Å². The van der Waals surface area contributed by atoms with E-state index in [1.54, 1.807) is 0 Å². The number of carbonyl (C=O) groups is 1. The van der Waals surface area contributed by atoms with Gasteiger partial charge in [0.25, 0.3) is 0 Å². The van der Waals surface area contributed by atoms with Gasteiger partial charge in [0.1, 0.15) is 18.0 Å². The average molecular weight is 516 g/mol. The Hall–Kier alpha value is -1.51. The van der Waals surface area contributed by atoms with Crippen LogP contribution in [0, 0.1) is 0 Å². The Bertz CT molecular complexity index is 1060. The molecule has 1 aromatic carbocycles. The number of ether oxygens (including phenoxy) is 2. The van der Waals surface area contributed by atoms with Gasteiger partial charge in [0.2, 0.25) is 5.28 Å². The number of aromatic nitrogens is 2. The zero-order valence-electron chi connectivity index (χ0n) is 16.8. The number of nitrogens with zero attached hydrogens (tertiary/aromatic N) is 4. The van der Waals surface area contributed by atoms with E-state index in [0.717, 1.165) is 18.2 Å². The Morgan fingerprint density at radius 1 is 1.27 bits per heavy atom. The van der Waals surface area contributed by atoms with Crippen molar-refractivity contribution in [1.82, 2.24) is 14.9 Å². The van der Waals surface area contributed by atoms with Crippen LogP contribution < -0.4 is 9.64 Å². The van der Waals surface area contributed by atoms with E-state index in [1.807, 2.05) is 31.7 Å². The van der Waals surface area contributed by atoms with E-state index < -0.39 is 5.60 Å². The monoisotopic (exact) mass is 514 g/mol. The van der Waals surface area contributed by atoms with Gasteiger partial charge in [-0.15, -0.1) is 0 Å². The summed E-state index contributed by atoms with van der Waals surface area (Å²) >= 11 is 16.3. The lowest BCUT2D eigenvalue weighted by Crippen LogP contribution is -2.63. The van der Waals surface area contributed by atoms with E-state index in [9.17, 15) is 4.79 Å². The Kier molecular flexibility index (Phi) is 4.76. The number of amides is 1. The van der Waals surface area contributed by atoms with Crippen molar-refractivity contribution >= 4 is 61.9 Å². The predicted octanol–water partition coefficient (Wildman–Crippen LogP) is 5.05. The summed E-state index contributed by atoms with van der Waals surface area (Å²) in [5, 5.41) is 1.39. The molecule has 10 heteroatoms. The van der Waals surface area contributed by atoms with Crippen LogP contribution in [0.3, 0.4) is 0 Å². The van der Waals surface area contributed by atoms with Gasteiger partial charge in [-0.2, -0.15) is 4.98 Å². The number of anilines is 1. The second-order valence-corrected chi connectivity index (χ2v) is 10.5. The second kappa shape index (κ2) is 7.00. The molecule has 5 rings (SSSR count). The molecule has 4 heterocycles. The van der Waals surface area contributed by atoms with Gasteiger partial charge >= 0.3 is 6.09 Å². The fourth-order valence-electron chi connectivity index (χ4n) is 4.76. The quantitative estimate of drug-likeness (QED) is 0.457. The number of benzene rings is 1. The van der Waals surface area contributed by atoms with E-state index in [0.29, 0.717) is 39.7 Å². The molecule has 3 aliphatic rings. The first-order valence-corrected chi connectivity index (χ1v) is 11.4. The third kappa shape index (κ3) is 3.19. The Balaban J connectivity index is 1.59. The standard InChI is InChI=1S/C20H21BrCl2N4O3/c1-20(2,3)30-19(28)27-9-4-5-12(27)13-8-29-16-14-11(6-10(21)15(16)22)24-18(23)25-17(14)26(13)7-9/h6,9,12-13H,4-5,7-8H2,1-3H3/t9-,12+,13-/m1/s1. The number of fused-ring (bicyclic) bond motifs is 5.